The molecule has 0 aliphatic rings. The van der Waals surface area contributed by atoms with E-state index in [1.54, 1.807) is 44.2 Å². The minimum Gasteiger partial charge on any atom is -0.476 e. The largest absolute Gasteiger partial charge is 0.476 e. The number of benzene rings is 2. The summed E-state index contributed by atoms with van der Waals surface area (Å²) in [6.45, 7) is 3.49. The normalized spacial score (nSPS) is 12.3. The van der Waals surface area contributed by atoms with Crippen molar-refractivity contribution in [1.29, 1.82) is 0 Å². The van der Waals surface area contributed by atoms with Crippen LogP contribution in [0.1, 0.15) is 19.4 Å². The molecule has 0 radical (unpaired) electrons. The van der Waals surface area contributed by atoms with Gasteiger partial charge in [0.1, 0.15) is 0 Å². The van der Waals surface area contributed by atoms with E-state index in [2.05, 4.69) is 26.0 Å². The Hall–Kier alpha value is -2.91. The first-order valence-electron chi connectivity index (χ1n) is 8.92. The Bertz CT molecular complexity index is 1230. The lowest BCUT2D eigenvalue weighted by atomic mass is 10.2. The van der Waals surface area contributed by atoms with E-state index in [1.165, 1.54) is 12.3 Å². The number of H-pyrrole nitrogens is 1. The Morgan fingerprint density at radius 2 is 2.07 bits per heavy atom. The van der Waals surface area contributed by atoms with E-state index in [0.717, 1.165) is 4.68 Å². The van der Waals surface area contributed by atoms with Crippen LogP contribution in [0.15, 0.2) is 55.6 Å². The van der Waals surface area contributed by atoms with E-state index >= 15 is 0 Å². The van der Waals surface area contributed by atoms with Crippen molar-refractivity contribution in [2.75, 3.05) is 6.61 Å². The van der Waals surface area contributed by atoms with E-state index in [1.807, 2.05) is 0 Å². The third kappa shape index (κ3) is 4.63. The van der Waals surface area contributed by atoms with Crippen molar-refractivity contribution in [2.45, 2.75) is 20.0 Å². The Balaban J connectivity index is 1.91. The average Bonchev–Trinajstić information content (AvgIpc) is 2.70. The van der Waals surface area contributed by atoms with Gasteiger partial charge in [-0.25, -0.2) is 9.59 Å². The highest BCUT2D eigenvalue weighted by Gasteiger charge is 2.19. The van der Waals surface area contributed by atoms with Crippen LogP contribution in [0.3, 0.4) is 0 Å². The number of fused-ring (bicyclic) bond motifs is 1. The third-order valence-corrected chi connectivity index (χ3v) is 4.91. The molecular formula is C20H17BrClN3O5. The molecule has 0 fully saturated rings. The van der Waals surface area contributed by atoms with Crippen molar-refractivity contribution in [3.8, 4) is 5.75 Å². The van der Waals surface area contributed by atoms with Gasteiger partial charge in [-0.15, -0.1) is 4.68 Å². The van der Waals surface area contributed by atoms with E-state index in [9.17, 15) is 14.4 Å². The summed E-state index contributed by atoms with van der Waals surface area (Å²) in [5, 5.41) is 4.54. The highest BCUT2D eigenvalue weighted by atomic mass is 79.9. The summed E-state index contributed by atoms with van der Waals surface area (Å²) in [5.41, 5.74) is -0.272. The van der Waals surface area contributed by atoms with E-state index in [-0.39, 0.29) is 17.4 Å². The minimum atomic E-state index is -0.854. The number of ether oxygens (including phenoxy) is 2. The van der Waals surface area contributed by atoms with Crippen molar-refractivity contribution < 1.29 is 14.3 Å². The molecule has 2 aromatic carbocycles. The zero-order valence-corrected chi connectivity index (χ0v) is 18.4. The Morgan fingerprint density at radius 3 is 2.77 bits per heavy atom. The maximum absolute atomic E-state index is 12.5. The molecule has 30 heavy (non-hydrogen) atoms. The smallest absolute Gasteiger partial charge is 0.349 e. The van der Waals surface area contributed by atoms with Gasteiger partial charge in [0.05, 0.1) is 33.2 Å². The molecule has 0 aliphatic heterocycles. The Kier molecular flexibility index (Phi) is 6.73. The molecule has 156 valence electrons. The van der Waals surface area contributed by atoms with E-state index in [0.29, 0.717) is 20.9 Å². The number of para-hydroxylation sites is 1. The van der Waals surface area contributed by atoms with Gasteiger partial charge in [0, 0.05) is 0 Å². The summed E-state index contributed by atoms with van der Waals surface area (Å²) in [4.78, 5) is 39.1. The van der Waals surface area contributed by atoms with Crippen LogP contribution < -0.4 is 16.0 Å². The van der Waals surface area contributed by atoms with Gasteiger partial charge in [0.2, 0.25) is 0 Å². The first kappa shape index (κ1) is 21.8. The van der Waals surface area contributed by atoms with Crippen LogP contribution in [0, 0.1) is 0 Å². The Labute approximate surface area is 184 Å². The van der Waals surface area contributed by atoms with Crippen molar-refractivity contribution in [1.82, 2.24) is 9.66 Å². The van der Waals surface area contributed by atoms with Crippen LogP contribution in [0.5, 0.6) is 5.75 Å². The van der Waals surface area contributed by atoms with Crippen LogP contribution in [0.25, 0.3) is 10.9 Å². The number of halogens is 2. The fraction of sp³-hybridized carbons (Fsp3) is 0.200. The van der Waals surface area contributed by atoms with E-state index in [4.69, 9.17) is 21.1 Å². The molecule has 10 heteroatoms. The van der Waals surface area contributed by atoms with Crippen LogP contribution >= 0.6 is 27.5 Å². The molecule has 1 heterocycles. The number of aromatic amines is 1. The summed E-state index contributed by atoms with van der Waals surface area (Å²) >= 11 is 9.62. The average molecular weight is 495 g/mol. The maximum atomic E-state index is 12.5. The molecule has 3 aromatic rings. The van der Waals surface area contributed by atoms with Gasteiger partial charge in [-0.1, -0.05) is 23.7 Å². The van der Waals surface area contributed by atoms with Gasteiger partial charge in [-0.2, -0.15) is 5.10 Å². The number of nitrogens with zero attached hydrogens (tertiary/aromatic N) is 2. The summed E-state index contributed by atoms with van der Waals surface area (Å²) in [5.74, 6) is -0.254. The number of carbonyl (C=O) groups is 1. The lowest BCUT2D eigenvalue weighted by molar-refractivity contribution is -0.150. The lowest BCUT2D eigenvalue weighted by Gasteiger charge is -2.16. The fourth-order valence-electron chi connectivity index (χ4n) is 2.63. The first-order chi connectivity index (χ1) is 14.3. The van der Waals surface area contributed by atoms with Crippen molar-refractivity contribution in [3.05, 3.63) is 72.3 Å². The number of esters is 1. The summed E-state index contributed by atoms with van der Waals surface area (Å²) in [6.07, 6.45) is 0.466. The van der Waals surface area contributed by atoms with Gasteiger partial charge < -0.3 is 14.5 Å². The summed E-state index contributed by atoms with van der Waals surface area (Å²) in [7, 11) is 0. The number of hydrogen-bond acceptors (Lipinski definition) is 6. The molecule has 3 rings (SSSR count). The molecule has 0 amide bonds. The summed E-state index contributed by atoms with van der Waals surface area (Å²) < 4.78 is 11.7. The minimum absolute atomic E-state index is 0.210. The van der Waals surface area contributed by atoms with Crippen LogP contribution in [-0.2, 0) is 9.53 Å². The van der Waals surface area contributed by atoms with Gasteiger partial charge in [0.15, 0.2) is 11.9 Å². The second kappa shape index (κ2) is 9.27. The highest BCUT2D eigenvalue weighted by Crippen LogP contribution is 2.35. The first-order valence-corrected chi connectivity index (χ1v) is 10.1. The van der Waals surface area contributed by atoms with Crippen LogP contribution in [-0.4, -0.2) is 34.6 Å². The van der Waals surface area contributed by atoms with Gasteiger partial charge in [-0.05, 0) is 59.6 Å². The Morgan fingerprint density at radius 1 is 1.33 bits per heavy atom. The summed E-state index contributed by atoms with van der Waals surface area (Å²) in [6, 6.07) is 9.81. The number of carbonyl (C=O) groups excluding carboxylic acids is 1. The number of hydrogen-bond donors (Lipinski definition) is 1. The molecule has 0 saturated heterocycles. The van der Waals surface area contributed by atoms with Crippen molar-refractivity contribution in [3.63, 3.8) is 0 Å². The highest BCUT2D eigenvalue weighted by molar-refractivity contribution is 9.10. The molecule has 0 aliphatic carbocycles. The van der Waals surface area contributed by atoms with Crippen molar-refractivity contribution >= 4 is 50.6 Å². The molecule has 1 atom stereocenters. The predicted octanol–water partition coefficient (Wildman–Crippen LogP) is 3.32. The van der Waals surface area contributed by atoms with Crippen LogP contribution in [0.4, 0.5) is 0 Å². The molecule has 1 N–H and O–H groups in total. The monoisotopic (exact) mass is 493 g/mol. The molecular weight excluding hydrogens is 478 g/mol. The zero-order chi connectivity index (χ0) is 21.8. The SMILES string of the molecule is CCOC(=O)[C@@H](C)Oc1c(Cl)cc(C=Nn2c(=O)[nH]c3ccccc3c2=O)cc1Br. The molecule has 8 nitrogen and oxygen atoms in total. The predicted molar refractivity (Wildman–Crippen MR) is 118 cm³/mol. The standard InChI is InChI=1S/C20H17BrClN3O5/c1-3-29-19(27)11(2)30-17-14(21)8-12(9-15(17)22)10-23-25-18(26)13-6-4-5-7-16(13)24-20(25)28/h4-11H,3H2,1-2H3,(H,24,28)/t11-/m1/s1. The van der Waals surface area contributed by atoms with Gasteiger partial charge in [0.25, 0.3) is 5.56 Å². The van der Waals surface area contributed by atoms with Crippen LogP contribution in [0.2, 0.25) is 5.02 Å². The molecule has 0 unspecified atom stereocenters. The van der Waals surface area contributed by atoms with Gasteiger partial charge >= 0.3 is 11.7 Å². The van der Waals surface area contributed by atoms with E-state index < -0.39 is 23.3 Å². The second-order valence-corrected chi connectivity index (χ2v) is 7.42. The number of rotatable bonds is 6. The second-order valence-electron chi connectivity index (χ2n) is 6.16. The topological polar surface area (TPSA) is 103 Å². The third-order valence-electron chi connectivity index (χ3n) is 4.04. The van der Waals surface area contributed by atoms with Gasteiger partial charge in [-0.3, -0.25) is 4.79 Å². The molecule has 0 bridgehead atoms. The molecule has 0 saturated carbocycles. The maximum Gasteiger partial charge on any atom is 0.349 e. The quantitative estimate of drug-likeness (QED) is 0.418. The number of aromatic nitrogens is 2. The zero-order valence-electron chi connectivity index (χ0n) is 16.0. The number of nitrogens with one attached hydrogen (secondary N) is 1. The molecule has 1 aromatic heterocycles. The lowest BCUT2D eigenvalue weighted by Crippen LogP contribution is -2.32. The molecule has 0 spiro atoms. The van der Waals surface area contributed by atoms with Crippen molar-refractivity contribution in [2.24, 2.45) is 5.10 Å². The fourth-order valence-corrected chi connectivity index (χ4v) is 3.59.